The van der Waals surface area contributed by atoms with Crippen LogP contribution in [0.25, 0.3) is 0 Å². The second-order valence-corrected chi connectivity index (χ2v) is 8.79. The smallest absolute Gasteiger partial charge is 0.237 e. The highest BCUT2D eigenvalue weighted by molar-refractivity contribution is 8.00. The Morgan fingerprint density at radius 1 is 1.26 bits per heavy atom. The van der Waals surface area contributed by atoms with Gasteiger partial charge in [0.1, 0.15) is 0 Å². The average Bonchev–Trinajstić information content (AvgIpc) is 3.26. The summed E-state index contributed by atoms with van der Waals surface area (Å²) in [5.74, 6) is 0.703. The van der Waals surface area contributed by atoms with E-state index in [1.165, 1.54) is 0 Å². The van der Waals surface area contributed by atoms with Gasteiger partial charge in [0.2, 0.25) is 11.8 Å². The van der Waals surface area contributed by atoms with Gasteiger partial charge in [-0.05, 0) is 56.7 Å². The third-order valence-corrected chi connectivity index (χ3v) is 6.80. The third kappa shape index (κ3) is 5.72. The van der Waals surface area contributed by atoms with Crippen molar-refractivity contribution in [1.82, 2.24) is 15.5 Å². The molecule has 3 rings (SSSR count). The van der Waals surface area contributed by atoms with Gasteiger partial charge in [-0.25, -0.2) is 0 Å². The minimum Gasteiger partial charge on any atom is -0.354 e. The molecule has 2 fully saturated rings. The predicted molar refractivity (Wildman–Crippen MR) is 110 cm³/mol. The molecule has 2 amide bonds. The maximum absolute atomic E-state index is 13.0. The number of nitrogens with one attached hydrogen (secondary N) is 2. The van der Waals surface area contributed by atoms with E-state index >= 15 is 0 Å². The lowest BCUT2D eigenvalue weighted by molar-refractivity contribution is -0.132. The standard InChI is InChI=1S/C21H31N3O2S/c1-2-19(27-17-9-4-3-5-10-17)21(26)24-13-7-8-16(15-24)14-23-20(25)18-11-6-12-22-18/h3-5,9-10,16,18-19,22H,2,6-8,11-15H2,1H3,(H,23,25). The molecule has 0 aliphatic carbocycles. The van der Waals surface area contributed by atoms with Crippen molar-refractivity contribution in [3.63, 3.8) is 0 Å². The normalized spacial score (nSPS) is 23.8. The zero-order valence-electron chi connectivity index (χ0n) is 16.2. The van der Waals surface area contributed by atoms with Crippen LogP contribution in [0.3, 0.4) is 0 Å². The fourth-order valence-electron chi connectivity index (χ4n) is 3.88. The van der Waals surface area contributed by atoms with Gasteiger partial charge in [0, 0.05) is 24.5 Å². The van der Waals surface area contributed by atoms with Crippen LogP contribution >= 0.6 is 11.8 Å². The second kappa shape index (κ2) is 10.1. The molecule has 5 nitrogen and oxygen atoms in total. The number of hydrogen-bond donors (Lipinski definition) is 2. The van der Waals surface area contributed by atoms with Gasteiger partial charge in [0.25, 0.3) is 0 Å². The predicted octanol–water partition coefficient (Wildman–Crippen LogP) is 2.66. The maximum Gasteiger partial charge on any atom is 0.237 e. The summed E-state index contributed by atoms with van der Waals surface area (Å²) in [5.41, 5.74) is 0. The van der Waals surface area contributed by atoms with Gasteiger partial charge in [-0.3, -0.25) is 9.59 Å². The molecular weight excluding hydrogens is 358 g/mol. The molecule has 2 aliphatic heterocycles. The average molecular weight is 390 g/mol. The van der Waals surface area contributed by atoms with E-state index in [2.05, 4.69) is 29.7 Å². The van der Waals surface area contributed by atoms with Crippen molar-refractivity contribution in [2.24, 2.45) is 5.92 Å². The van der Waals surface area contributed by atoms with Crippen LogP contribution in [-0.4, -0.2) is 54.2 Å². The first-order chi connectivity index (χ1) is 13.2. The van der Waals surface area contributed by atoms with E-state index in [1.807, 2.05) is 23.1 Å². The molecule has 27 heavy (non-hydrogen) atoms. The van der Waals surface area contributed by atoms with Gasteiger partial charge < -0.3 is 15.5 Å². The SMILES string of the molecule is CCC(Sc1ccccc1)C(=O)N1CCCC(CNC(=O)C2CCCN2)C1. The van der Waals surface area contributed by atoms with Crippen LogP contribution in [0.4, 0.5) is 0 Å². The largest absolute Gasteiger partial charge is 0.354 e. The summed E-state index contributed by atoms with van der Waals surface area (Å²) in [4.78, 5) is 28.4. The number of rotatable bonds is 7. The molecule has 0 saturated carbocycles. The Morgan fingerprint density at radius 3 is 2.78 bits per heavy atom. The Hall–Kier alpha value is -1.53. The van der Waals surface area contributed by atoms with Crippen LogP contribution in [0.1, 0.15) is 39.0 Å². The first-order valence-corrected chi connectivity index (χ1v) is 11.1. The fourth-order valence-corrected chi connectivity index (χ4v) is 4.94. The Kier molecular flexibility index (Phi) is 7.59. The summed E-state index contributed by atoms with van der Waals surface area (Å²) >= 11 is 1.66. The third-order valence-electron chi connectivity index (χ3n) is 5.44. The lowest BCUT2D eigenvalue weighted by Gasteiger charge is -2.35. The number of amides is 2. The molecule has 1 aromatic rings. The molecule has 0 radical (unpaired) electrons. The molecule has 2 saturated heterocycles. The van der Waals surface area contributed by atoms with Gasteiger partial charge in [-0.1, -0.05) is 25.1 Å². The van der Waals surface area contributed by atoms with Crippen LogP contribution in [0.15, 0.2) is 35.2 Å². The molecule has 0 aromatic heterocycles. The van der Waals surface area contributed by atoms with Crippen LogP contribution < -0.4 is 10.6 Å². The molecule has 1 aromatic carbocycles. The Labute approximate surface area is 166 Å². The van der Waals surface area contributed by atoms with E-state index in [1.54, 1.807) is 11.8 Å². The van der Waals surface area contributed by atoms with Crippen molar-refractivity contribution in [2.45, 2.75) is 55.2 Å². The summed E-state index contributed by atoms with van der Waals surface area (Å²) in [6.45, 7) is 5.27. The van der Waals surface area contributed by atoms with Crippen molar-refractivity contribution in [3.05, 3.63) is 30.3 Å². The molecule has 0 spiro atoms. The first kappa shape index (κ1) is 20.2. The van der Waals surface area contributed by atoms with E-state index in [0.717, 1.165) is 56.6 Å². The topological polar surface area (TPSA) is 61.4 Å². The van der Waals surface area contributed by atoms with Gasteiger partial charge in [-0.2, -0.15) is 0 Å². The maximum atomic E-state index is 13.0. The van der Waals surface area contributed by atoms with Gasteiger partial charge >= 0.3 is 0 Å². The van der Waals surface area contributed by atoms with Crippen molar-refractivity contribution in [3.8, 4) is 0 Å². The summed E-state index contributed by atoms with van der Waals surface area (Å²) < 4.78 is 0. The van der Waals surface area contributed by atoms with Crippen molar-refractivity contribution < 1.29 is 9.59 Å². The molecule has 2 N–H and O–H groups in total. The fraction of sp³-hybridized carbons (Fsp3) is 0.619. The Morgan fingerprint density at radius 2 is 2.07 bits per heavy atom. The molecule has 0 bridgehead atoms. The summed E-state index contributed by atoms with van der Waals surface area (Å²) in [7, 11) is 0. The highest BCUT2D eigenvalue weighted by Crippen LogP contribution is 2.28. The molecule has 3 unspecified atom stereocenters. The minimum absolute atomic E-state index is 0.0296. The molecule has 2 aliphatic rings. The quantitative estimate of drug-likeness (QED) is 0.704. The van der Waals surface area contributed by atoms with Crippen LogP contribution in [0, 0.1) is 5.92 Å². The zero-order chi connectivity index (χ0) is 19.1. The lowest BCUT2D eigenvalue weighted by atomic mass is 9.97. The number of benzene rings is 1. The molecule has 3 atom stereocenters. The number of hydrogen-bond acceptors (Lipinski definition) is 4. The first-order valence-electron chi connectivity index (χ1n) is 10.2. The van der Waals surface area contributed by atoms with E-state index < -0.39 is 0 Å². The Balaban J connectivity index is 1.49. The minimum atomic E-state index is -0.0385. The molecule has 6 heteroatoms. The molecular formula is C21H31N3O2S. The highest BCUT2D eigenvalue weighted by Gasteiger charge is 2.29. The number of nitrogens with zero attached hydrogens (tertiary/aromatic N) is 1. The van der Waals surface area contributed by atoms with E-state index in [0.29, 0.717) is 12.5 Å². The summed E-state index contributed by atoms with van der Waals surface area (Å²) in [6, 6.07) is 10.1. The van der Waals surface area contributed by atoms with Crippen LogP contribution in [0.2, 0.25) is 0 Å². The van der Waals surface area contributed by atoms with Crippen LogP contribution in [0.5, 0.6) is 0 Å². The van der Waals surface area contributed by atoms with E-state index in [-0.39, 0.29) is 23.1 Å². The number of piperidine rings is 1. The van der Waals surface area contributed by atoms with Crippen molar-refractivity contribution in [2.75, 3.05) is 26.2 Å². The number of likely N-dealkylation sites (tertiary alicyclic amines) is 1. The van der Waals surface area contributed by atoms with Gasteiger partial charge in [0.05, 0.1) is 11.3 Å². The van der Waals surface area contributed by atoms with E-state index in [4.69, 9.17) is 0 Å². The zero-order valence-corrected chi connectivity index (χ0v) is 17.0. The molecule has 148 valence electrons. The van der Waals surface area contributed by atoms with Crippen molar-refractivity contribution in [1.29, 1.82) is 0 Å². The summed E-state index contributed by atoms with van der Waals surface area (Å²) in [6.07, 6.45) is 4.91. The summed E-state index contributed by atoms with van der Waals surface area (Å²) in [5, 5.41) is 6.29. The second-order valence-electron chi connectivity index (χ2n) is 7.51. The Bertz CT molecular complexity index is 619. The highest BCUT2D eigenvalue weighted by atomic mass is 32.2. The van der Waals surface area contributed by atoms with Gasteiger partial charge in [0.15, 0.2) is 0 Å². The van der Waals surface area contributed by atoms with Crippen molar-refractivity contribution >= 4 is 23.6 Å². The van der Waals surface area contributed by atoms with E-state index in [9.17, 15) is 9.59 Å². The molecule has 2 heterocycles. The number of carbonyl (C=O) groups excluding carboxylic acids is 2. The van der Waals surface area contributed by atoms with Crippen LogP contribution in [-0.2, 0) is 9.59 Å². The number of carbonyl (C=O) groups is 2. The monoisotopic (exact) mass is 389 g/mol. The van der Waals surface area contributed by atoms with Gasteiger partial charge in [-0.15, -0.1) is 11.8 Å². The lowest BCUT2D eigenvalue weighted by Crippen LogP contribution is -2.48. The number of thioether (sulfide) groups is 1.